The van der Waals surface area contributed by atoms with Gasteiger partial charge in [-0.3, -0.25) is 0 Å². The van der Waals surface area contributed by atoms with Crippen LogP contribution in [0.4, 0.5) is 4.79 Å². The molecular weight excluding hydrogens is 1200 g/mol. The van der Waals surface area contributed by atoms with Crippen LogP contribution in [0.3, 0.4) is 0 Å². The van der Waals surface area contributed by atoms with Gasteiger partial charge in [-0.15, -0.1) is 0 Å². The molecule has 0 N–H and O–H groups in total. The third kappa shape index (κ3) is 6.63. The first-order chi connectivity index (χ1) is 32.6. The third-order valence-corrected chi connectivity index (χ3v) is 45.0. The standard InChI is InChI=1S/6C10H7.CH2O3.2Bi.2H/c6*1-2-6-10-8-4-3-7-9(10)5-1;2-1(3)4;;;;/h6*1-7H;(H2,2,3,4);;;;/q;;;;;;;2*+1;;/p-2. The first-order valence-electron chi connectivity index (χ1n) is 22.4. The molecule has 66 heavy (non-hydrogen) atoms. The van der Waals surface area contributed by atoms with Crippen LogP contribution >= 0.6 is 0 Å². The van der Waals surface area contributed by atoms with Crippen molar-refractivity contribution in [3.63, 3.8) is 0 Å². The van der Waals surface area contributed by atoms with E-state index in [-0.39, 0.29) is 0 Å². The minimum absolute atomic E-state index is 0.638. The van der Waals surface area contributed by atoms with Gasteiger partial charge >= 0.3 is 397 Å². The van der Waals surface area contributed by atoms with Gasteiger partial charge in [0.1, 0.15) is 0 Å². The quantitative estimate of drug-likeness (QED) is 0.142. The van der Waals surface area contributed by atoms with Gasteiger partial charge in [0.15, 0.2) is 0 Å². The Morgan fingerprint density at radius 3 is 0.591 bits per heavy atom. The number of benzene rings is 12. The zero-order chi connectivity index (χ0) is 44.1. The number of hydrogen-bond donors (Lipinski definition) is 0. The Morgan fingerprint density at radius 2 is 0.394 bits per heavy atom. The average molecular weight is 1240 g/mol. The Kier molecular flexibility index (Phi) is 10.4. The fraction of sp³-hybridized carbons (Fsp3) is 0. The molecular formula is C61H44Bi2O3. The molecule has 0 amide bonds. The Bertz CT molecular complexity index is 3180. The second-order valence-electron chi connectivity index (χ2n) is 17.0. The summed E-state index contributed by atoms with van der Waals surface area (Å²) in [5.74, 6) is 0. The van der Waals surface area contributed by atoms with Crippen LogP contribution in [0.1, 0.15) is 0 Å². The van der Waals surface area contributed by atoms with E-state index in [0.717, 1.165) is 84.3 Å². The molecule has 0 heterocycles. The van der Waals surface area contributed by atoms with Crippen molar-refractivity contribution in [1.82, 2.24) is 0 Å². The van der Waals surface area contributed by atoms with Gasteiger partial charge in [0, 0.05) is 0 Å². The van der Waals surface area contributed by atoms with Crippen molar-refractivity contribution in [2.75, 3.05) is 0 Å². The molecule has 0 aromatic heterocycles. The first-order valence-corrected chi connectivity index (χ1v) is 37.3. The molecule has 12 rings (SSSR count). The monoisotopic (exact) mass is 1240 g/mol. The van der Waals surface area contributed by atoms with Crippen LogP contribution in [0.15, 0.2) is 255 Å². The summed E-state index contributed by atoms with van der Waals surface area (Å²) in [6, 6.07) is 90.2. The van der Waals surface area contributed by atoms with Crippen LogP contribution in [0, 0.1) is 0 Å². The molecule has 0 spiro atoms. The predicted molar refractivity (Wildman–Crippen MR) is 283 cm³/mol. The van der Waals surface area contributed by atoms with Gasteiger partial charge in [-0.25, -0.2) is 0 Å². The van der Waals surface area contributed by atoms with Crippen LogP contribution in [0.2, 0.25) is 0 Å². The van der Waals surface area contributed by atoms with E-state index in [4.69, 9.17) is 5.63 Å². The van der Waals surface area contributed by atoms with Crippen molar-refractivity contribution in [2.24, 2.45) is 0 Å². The van der Waals surface area contributed by atoms with E-state index in [1.165, 1.54) is 0 Å². The molecule has 0 aliphatic carbocycles. The summed E-state index contributed by atoms with van der Waals surface area (Å²) in [5, 5.41) is 13.0. The van der Waals surface area contributed by atoms with E-state index < -0.39 is 47.6 Å². The number of carbonyl (C=O) groups excluding carboxylic acids is 1. The van der Waals surface area contributed by atoms with Crippen molar-refractivity contribution >= 4 is 132 Å². The molecule has 0 saturated heterocycles. The fourth-order valence-corrected chi connectivity index (χ4v) is 45.4. The van der Waals surface area contributed by atoms with Crippen LogP contribution in [0.25, 0.3) is 64.6 Å². The van der Waals surface area contributed by atoms with Crippen LogP contribution in [-0.2, 0) is 5.63 Å². The molecule has 0 bridgehead atoms. The van der Waals surface area contributed by atoms with E-state index in [0.29, 0.717) is 0 Å². The van der Waals surface area contributed by atoms with Crippen molar-refractivity contribution < 1.29 is 10.4 Å². The van der Waals surface area contributed by atoms with Gasteiger partial charge in [0.05, 0.1) is 0 Å². The Hall–Kier alpha value is -6.76. The van der Waals surface area contributed by atoms with Crippen molar-refractivity contribution in [3.05, 3.63) is 255 Å². The summed E-state index contributed by atoms with van der Waals surface area (Å²) in [7, 11) is 0. The minimum atomic E-state index is -5.46. The summed E-state index contributed by atoms with van der Waals surface area (Å²) >= 11 is -10.9. The fourth-order valence-electron chi connectivity index (χ4n) is 10.7. The van der Waals surface area contributed by atoms with Gasteiger partial charge in [-0.1, -0.05) is 0 Å². The van der Waals surface area contributed by atoms with E-state index in [1.807, 2.05) is 0 Å². The molecule has 12 aromatic carbocycles. The van der Waals surface area contributed by atoms with Crippen molar-refractivity contribution in [3.8, 4) is 0 Å². The van der Waals surface area contributed by atoms with Gasteiger partial charge < -0.3 is 0 Å². The van der Waals surface area contributed by atoms with Gasteiger partial charge in [0.2, 0.25) is 0 Å². The van der Waals surface area contributed by atoms with Crippen LogP contribution in [-0.4, -0.2) is 47.6 Å². The van der Waals surface area contributed by atoms with E-state index in [1.54, 1.807) is 0 Å². The third-order valence-electron chi connectivity index (χ3n) is 13.5. The van der Waals surface area contributed by atoms with E-state index in [9.17, 15) is 0 Å². The second-order valence-corrected chi connectivity index (χ2v) is 41.7. The Balaban J connectivity index is 1.22. The van der Waals surface area contributed by atoms with E-state index >= 15 is 4.79 Å². The predicted octanol–water partition coefficient (Wildman–Crippen LogP) is 10.9. The SMILES string of the molecule is O=C([O][BiH]([c]1cccc2ccccc12)([c]1cccc2ccccc12)[c]1cccc2ccccc12)[O][BiH]([c]1cccc2ccccc12)([c]1cccc2ccccc12)[c]1cccc2ccccc12. The summed E-state index contributed by atoms with van der Waals surface area (Å²) in [5.41, 5.74) is 0. The van der Waals surface area contributed by atoms with Crippen LogP contribution < -0.4 is 19.6 Å². The average Bonchev–Trinajstić information content (AvgIpc) is 3.39. The topological polar surface area (TPSA) is 35.5 Å². The molecule has 0 atom stereocenters. The molecule has 0 saturated carbocycles. The molecule has 3 nitrogen and oxygen atoms in total. The van der Waals surface area contributed by atoms with Crippen LogP contribution in [0.5, 0.6) is 0 Å². The van der Waals surface area contributed by atoms with Gasteiger partial charge in [0.25, 0.3) is 0 Å². The zero-order valence-electron chi connectivity index (χ0n) is 36.0. The number of carbonyl (C=O) groups is 1. The molecule has 0 aliphatic rings. The first kappa shape index (κ1) is 40.7. The molecule has 0 aliphatic heterocycles. The number of fused-ring (bicyclic) bond motifs is 6. The molecule has 12 aromatic rings. The number of hydrogen-bond acceptors (Lipinski definition) is 3. The summed E-state index contributed by atoms with van der Waals surface area (Å²) in [4.78, 5) is 16.6. The number of rotatable bonds is 8. The van der Waals surface area contributed by atoms with Gasteiger partial charge in [-0.05, 0) is 0 Å². The van der Waals surface area contributed by atoms with Crippen molar-refractivity contribution in [1.29, 1.82) is 0 Å². The molecule has 0 radical (unpaired) electrons. The van der Waals surface area contributed by atoms with Crippen molar-refractivity contribution in [2.45, 2.75) is 0 Å². The Morgan fingerprint density at radius 1 is 0.227 bits per heavy atom. The second kappa shape index (κ2) is 16.9. The molecule has 0 fully saturated rings. The Labute approximate surface area is 393 Å². The zero-order valence-corrected chi connectivity index (χ0v) is 43.7. The summed E-state index contributed by atoms with van der Waals surface area (Å²) in [6.07, 6.45) is -0.638. The molecule has 316 valence electrons. The maximum absolute atomic E-state index is 16.6. The molecule has 5 heteroatoms. The molecule has 0 unspecified atom stereocenters. The van der Waals surface area contributed by atoms with Gasteiger partial charge in [-0.2, -0.15) is 0 Å². The van der Waals surface area contributed by atoms with E-state index in [2.05, 4.69) is 255 Å². The summed E-state index contributed by atoms with van der Waals surface area (Å²) in [6.45, 7) is 0. The normalized spacial score (nSPS) is 12.5. The summed E-state index contributed by atoms with van der Waals surface area (Å²) < 4.78 is 22.2. The maximum atomic E-state index is 16.6.